The topological polar surface area (TPSA) is 66.0 Å². The van der Waals surface area contributed by atoms with Gasteiger partial charge in [-0.2, -0.15) is 0 Å². The number of carbonyl (C=O) groups excluding carboxylic acids is 1. The molecule has 0 saturated heterocycles. The van der Waals surface area contributed by atoms with E-state index in [2.05, 4.69) is 27.9 Å². The van der Waals surface area contributed by atoms with Crippen molar-refractivity contribution < 1.29 is 4.79 Å². The molecule has 0 aliphatic heterocycles. The van der Waals surface area contributed by atoms with Crippen molar-refractivity contribution in [2.75, 3.05) is 23.7 Å². The van der Waals surface area contributed by atoms with Crippen molar-refractivity contribution in [2.24, 2.45) is 0 Å². The number of rotatable bonds is 7. The Balaban J connectivity index is 2.58. The van der Waals surface area contributed by atoms with E-state index in [4.69, 9.17) is 0 Å². The van der Waals surface area contributed by atoms with Gasteiger partial charge in [-0.15, -0.1) is 0 Å². The molecule has 1 atom stereocenters. The highest BCUT2D eigenvalue weighted by Gasteiger charge is 2.11. The Hall–Kier alpha value is -1.78. The van der Waals surface area contributed by atoms with Crippen molar-refractivity contribution in [1.82, 2.24) is 10.3 Å². The first kappa shape index (κ1) is 14.3. The van der Waals surface area contributed by atoms with Crippen LogP contribution in [0.1, 0.15) is 27.2 Å². The number of aromatic nitrogens is 1. The maximum Gasteiger partial charge on any atom is 0.242 e. The SMILES string of the molecule is CCCNc1cc(NC(C)C(=O)NCC)ccn1. The maximum atomic E-state index is 11.6. The minimum absolute atomic E-state index is 0.00243. The van der Waals surface area contributed by atoms with E-state index >= 15 is 0 Å². The Kier molecular flexibility index (Phi) is 5.97. The zero-order valence-electron chi connectivity index (χ0n) is 11.3. The molecule has 3 N–H and O–H groups in total. The summed E-state index contributed by atoms with van der Waals surface area (Å²) in [5.74, 6) is 0.822. The average molecular weight is 250 g/mol. The monoisotopic (exact) mass is 250 g/mol. The molecule has 1 aromatic rings. The van der Waals surface area contributed by atoms with Crippen LogP contribution < -0.4 is 16.0 Å². The van der Waals surface area contributed by atoms with Gasteiger partial charge in [0.05, 0.1) is 0 Å². The Morgan fingerprint density at radius 1 is 1.44 bits per heavy atom. The summed E-state index contributed by atoms with van der Waals surface area (Å²) in [5, 5.41) is 9.14. The Labute approximate surface area is 108 Å². The van der Waals surface area contributed by atoms with Gasteiger partial charge < -0.3 is 16.0 Å². The summed E-state index contributed by atoms with van der Waals surface area (Å²) >= 11 is 0. The van der Waals surface area contributed by atoms with Crippen LogP contribution in [-0.4, -0.2) is 30.0 Å². The van der Waals surface area contributed by atoms with Crippen LogP contribution in [-0.2, 0) is 4.79 Å². The summed E-state index contributed by atoms with van der Waals surface area (Å²) < 4.78 is 0. The molecular weight excluding hydrogens is 228 g/mol. The Morgan fingerprint density at radius 3 is 2.89 bits per heavy atom. The lowest BCUT2D eigenvalue weighted by molar-refractivity contribution is -0.121. The molecule has 0 radical (unpaired) electrons. The van der Waals surface area contributed by atoms with E-state index in [9.17, 15) is 4.79 Å². The van der Waals surface area contributed by atoms with Crippen LogP contribution in [0.3, 0.4) is 0 Å². The molecule has 5 heteroatoms. The molecule has 0 aromatic carbocycles. The fourth-order valence-electron chi connectivity index (χ4n) is 1.51. The molecule has 18 heavy (non-hydrogen) atoms. The molecule has 0 aliphatic carbocycles. The highest BCUT2D eigenvalue weighted by molar-refractivity contribution is 5.84. The normalized spacial score (nSPS) is 11.7. The van der Waals surface area contributed by atoms with Crippen LogP contribution in [0.25, 0.3) is 0 Å². The highest BCUT2D eigenvalue weighted by atomic mass is 16.2. The number of carbonyl (C=O) groups is 1. The molecular formula is C13H22N4O. The summed E-state index contributed by atoms with van der Waals surface area (Å²) in [4.78, 5) is 15.8. The Morgan fingerprint density at radius 2 is 2.22 bits per heavy atom. The molecule has 0 aliphatic rings. The van der Waals surface area contributed by atoms with Gasteiger partial charge in [0.25, 0.3) is 0 Å². The molecule has 0 saturated carbocycles. The van der Waals surface area contributed by atoms with Gasteiger partial charge in [0.1, 0.15) is 11.9 Å². The van der Waals surface area contributed by atoms with E-state index in [1.54, 1.807) is 6.20 Å². The number of nitrogens with zero attached hydrogens (tertiary/aromatic N) is 1. The number of hydrogen-bond donors (Lipinski definition) is 3. The second-order valence-electron chi connectivity index (χ2n) is 4.12. The maximum absolute atomic E-state index is 11.6. The van der Waals surface area contributed by atoms with Gasteiger partial charge in [0.2, 0.25) is 5.91 Å². The van der Waals surface area contributed by atoms with E-state index < -0.39 is 0 Å². The van der Waals surface area contributed by atoms with Gasteiger partial charge in [0, 0.05) is 31.0 Å². The first-order valence-electron chi connectivity index (χ1n) is 6.41. The number of amides is 1. The van der Waals surface area contributed by atoms with Gasteiger partial charge in [-0.05, 0) is 26.3 Å². The predicted octanol–water partition coefficient (Wildman–Crippen LogP) is 1.84. The van der Waals surface area contributed by atoms with Crippen LogP contribution in [0, 0.1) is 0 Å². The van der Waals surface area contributed by atoms with E-state index in [1.165, 1.54) is 0 Å². The van der Waals surface area contributed by atoms with Crippen molar-refractivity contribution in [3.63, 3.8) is 0 Å². The van der Waals surface area contributed by atoms with Gasteiger partial charge in [-0.1, -0.05) is 6.92 Å². The summed E-state index contributed by atoms with van der Waals surface area (Å²) in [6, 6.07) is 3.50. The molecule has 5 nitrogen and oxygen atoms in total. The molecule has 1 amide bonds. The van der Waals surface area contributed by atoms with Crippen LogP contribution in [0.2, 0.25) is 0 Å². The van der Waals surface area contributed by atoms with Crippen molar-refractivity contribution >= 4 is 17.4 Å². The molecule has 1 heterocycles. The first-order chi connectivity index (χ1) is 8.67. The number of nitrogens with one attached hydrogen (secondary N) is 3. The van der Waals surface area contributed by atoms with E-state index in [0.717, 1.165) is 24.5 Å². The third-order valence-corrected chi connectivity index (χ3v) is 2.44. The molecule has 0 fully saturated rings. The predicted molar refractivity (Wildman–Crippen MR) is 74.8 cm³/mol. The smallest absolute Gasteiger partial charge is 0.242 e. The highest BCUT2D eigenvalue weighted by Crippen LogP contribution is 2.13. The van der Waals surface area contributed by atoms with Gasteiger partial charge in [0.15, 0.2) is 0 Å². The van der Waals surface area contributed by atoms with E-state index in [0.29, 0.717) is 6.54 Å². The van der Waals surface area contributed by atoms with Crippen molar-refractivity contribution in [3.8, 4) is 0 Å². The van der Waals surface area contributed by atoms with Crippen molar-refractivity contribution in [1.29, 1.82) is 0 Å². The fraction of sp³-hybridized carbons (Fsp3) is 0.538. The third-order valence-electron chi connectivity index (χ3n) is 2.44. The van der Waals surface area contributed by atoms with Gasteiger partial charge in [-0.3, -0.25) is 4.79 Å². The molecule has 1 unspecified atom stereocenters. The molecule has 100 valence electrons. The van der Waals surface area contributed by atoms with Gasteiger partial charge in [-0.25, -0.2) is 4.98 Å². The van der Waals surface area contributed by atoms with Crippen LogP contribution in [0.5, 0.6) is 0 Å². The van der Waals surface area contributed by atoms with Crippen LogP contribution in [0.15, 0.2) is 18.3 Å². The fourth-order valence-corrected chi connectivity index (χ4v) is 1.51. The minimum Gasteiger partial charge on any atom is -0.374 e. The van der Waals surface area contributed by atoms with E-state index in [1.807, 2.05) is 26.0 Å². The minimum atomic E-state index is -0.258. The second-order valence-corrected chi connectivity index (χ2v) is 4.12. The average Bonchev–Trinajstić information content (AvgIpc) is 2.37. The lowest BCUT2D eigenvalue weighted by atomic mass is 10.2. The summed E-state index contributed by atoms with van der Waals surface area (Å²) in [7, 11) is 0. The number of likely N-dealkylation sites (N-methyl/N-ethyl adjacent to an activating group) is 1. The largest absolute Gasteiger partial charge is 0.374 e. The lowest BCUT2D eigenvalue weighted by Gasteiger charge is -2.15. The van der Waals surface area contributed by atoms with Crippen molar-refractivity contribution in [3.05, 3.63) is 18.3 Å². The lowest BCUT2D eigenvalue weighted by Crippen LogP contribution is -2.37. The summed E-state index contributed by atoms with van der Waals surface area (Å²) in [6.07, 6.45) is 2.78. The molecule has 1 rings (SSSR count). The van der Waals surface area contributed by atoms with Gasteiger partial charge >= 0.3 is 0 Å². The summed E-state index contributed by atoms with van der Waals surface area (Å²) in [6.45, 7) is 7.38. The van der Waals surface area contributed by atoms with Crippen LogP contribution in [0.4, 0.5) is 11.5 Å². The molecule has 1 aromatic heterocycles. The third kappa shape index (κ3) is 4.61. The quantitative estimate of drug-likeness (QED) is 0.691. The summed E-state index contributed by atoms with van der Waals surface area (Å²) in [5.41, 5.74) is 0.891. The Bertz CT molecular complexity index is 381. The van der Waals surface area contributed by atoms with E-state index in [-0.39, 0.29) is 11.9 Å². The zero-order chi connectivity index (χ0) is 13.4. The number of pyridine rings is 1. The first-order valence-corrected chi connectivity index (χ1v) is 6.41. The standard InChI is InChI=1S/C13H22N4O/c1-4-7-15-12-9-11(6-8-16-12)17-10(3)13(18)14-5-2/h6,8-10H,4-5,7H2,1-3H3,(H,14,18)(H2,15,16,17). The van der Waals surface area contributed by atoms with Crippen LogP contribution >= 0.6 is 0 Å². The number of anilines is 2. The van der Waals surface area contributed by atoms with Crippen molar-refractivity contribution in [2.45, 2.75) is 33.2 Å². The molecule has 0 spiro atoms. The number of hydrogen-bond acceptors (Lipinski definition) is 4. The molecule has 0 bridgehead atoms. The zero-order valence-corrected chi connectivity index (χ0v) is 11.3. The second kappa shape index (κ2) is 7.53.